The third kappa shape index (κ3) is 2.83. The van der Waals surface area contributed by atoms with Gasteiger partial charge < -0.3 is 16.0 Å². The van der Waals surface area contributed by atoms with E-state index in [0.29, 0.717) is 29.2 Å². The number of aryl methyl sites for hydroxylation is 1. The van der Waals surface area contributed by atoms with Gasteiger partial charge in [-0.25, -0.2) is 4.68 Å². The summed E-state index contributed by atoms with van der Waals surface area (Å²) in [5.41, 5.74) is 8.27. The third-order valence-corrected chi connectivity index (χ3v) is 6.01. The highest BCUT2D eigenvalue weighted by atomic mass is 16.2. The van der Waals surface area contributed by atoms with Gasteiger partial charge in [-0.2, -0.15) is 5.10 Å². The quantitative estimate of drug-likeness (QED) is 0.676. The lowest BCUT2D eigenvalue weighted by Gasteiger charge is -2.32. The van der Waals surface area contributed by atoms with E-state index in [4.69, 9.17) is 5.73 Å². The average molecular weight is 415 g/mol. The molecule has 3 aromatic rings. The molecule has 0 bridgehead atoms. The first-order valence-electron chi connectivity index (χ1n) is 10.0. The zero-order valence-electron chi connectivity index (χ0n) is 17.0. The summed E-state index contributed by atoms with van der Waals surface area (Å²) in [5.74, 6) is -0.725. The molecule has 0 fully saturated rings. The summed E-state index contributed by atoms with van der Waals surface area (Å²) in [6.07, 6.45) is 1.59. The number of nitrogens with zero attached hydrogens (tertiary/aromatic N) is 3. The maximum absolute atomic E-state index is 13.7. The number of amides is 3. The largest absolute Gasteiger partial charge is 0.368 e. The van der Waals surface area contributed by atoms with Gasteiger partial charge in [-0.3, -0.25) is 14.4 Å². The van der Waals surface area contributed by atoms with Crippen LogP contribution in [-0.2, 0) is 26.3 Å². The molecule has 0 aliphatic carbocycles. The second-order valence-corrected chi connectivity index (χ2v) is 8.06. The molecule has 1 aromatic heterocycles. The minimum atomic E-state index is -1.23. The van der Waals surface area contributed by atoms with Crippen molar-refractivity contribution in [3.05, 3.63) is 77.0 Å². The Hall–Kier alpha value is -3.94. The number of nitrogens with one attached hydrogen (secondary N) is 1. The Morgan fingerprint density at radius 3 is 2.61 bits per heavy atom. The Morgan fingerprint density at radius 2 is 1.87 bits per heavy atom. The first-order chi connectivity index (χ1) is 14.9. The highest BCUT2D eigenvalue weighted by Gasteiger charge is 2.57. The number of carbonyl (C=O) groups is 3. The highest BCUT2D eigenvalue weighted by molar-refractivity contribution is 6.17. The van der Waals surface area contributed by atoms with Crippen molar-refractivity contribution in [2.24, 2.45) is 5.73 Å². The van der Waals surface area contributed by atoms with Gasteiger partial charge in [0.25, 0.3) is 0 Å². The van der Waals surface area contributed by atoms with Crippen LogP contribution in [0.15, 0.2) is 54.7 Å². The lowest BCUT2D eigenvalue weighted by atomic mass is 9.72. The first-order valence-corrected chi connectivity index (χ1v) is 10.0. The second-order valence-electron chi connectivity index (χ2n) is 8.06. The van der Waals surface area contributed by atoms with Crippen molar-refractivity contribution in [1.29, 1.82) is 0 Å². The van der Waals surface area contributed by atoms with Crippen LogP contribution < -0.4 is 16.0 Å². The van der Waals surface area contributed by atoms with Crippen LogP contribution in [0.2, 0.25) is 0 Å². The number of carbonyl (C=O) groups excluding carboxylic acids is 3. The van der Waals surface area contributed by atoms with E-state index in [0.717, 1.165) is 11.1 Å². The Labute approximate surface area is 178 Å². The molecule has 5 rings (SSSR count). The van der Waals surface area contributed by atoms with Crippen LogP contribution in [0.4, 0.5) is 11.5 Å². The zero-order valence-corrected chi connectivity index (χ0v) is 17.0. The van der Waals surface area contributed by atoms with E-state index in [1.165, 1.54) is 4.90 Å². The van der Waals surface area contributed by atoms with Crippen molar-refractivity contribution >= 4 is 29.2 Å². The number of hydrogen-bond donors (Lipinski definition) is 2. The van der Waals surface area contributed by atoms with Crippen molar-refractivity contribution < 1.29 is 14.4 Å². The van der Waals surface area contributed by atoms with Crippen LogP contribution in [-0.4, -0.2) is 34.0 Å². The molecule has 2 aliphatic heterocycles. The molecule has 1 spiro atoms. The predicted molar refractivity (Wildman–Crippen MR) is 115 cm³/mol. The van der Waals surface area contributed by atoms with E-state index in [1.54, 1.807) is 23.0 Å². The van der Waals surface area contributed by atoms with Gasteiger partial charge in [-0.1, -0.05) is 48.0 Å². The van der Waals surface area contributed by atoms with E-state index in [-0.39, 0.29) is 24.8 Å². The third-order valence-electron chi connectivity index (χ3n) is 6.01. The summed E-state index contributed by atoms with van der Waals surface area (Å²) in [5, 5.41) is 7.40. The number of aromatic nitrogens is 2. The molecule has 0 saturated heterocycles. The van der Waals surface area contributed by atoms with Crippen LogP contribution >= 0.6 is 0 Å². The van der Waals surface area contributed by atoms with Crippen LogP contribution in [0.5, 0.6) is 0 Å². The fraction of sp³-hybridized carbons (Fsp3) is 0.217. The van der Waals surface area contributed by atoms with Crippen molar-refractivity contribution in [2.75, 3.05) is 16.8 Å². The molecule has 3 N–H and O–H groups in total. The number of hydrogen-bond acceptors (Lipinski definition) is 4. The number of nitrogens with two attached hydrogens (primary N) is 1. The van der Waals surface area contributed by atoms with Gasteiger partial charge in [-0.05, 0) is 24.1 Å². The van der Waals surface area contributed by atoms with Crippen LogP contribution in [0.1, 0.15) is 28.7 Å². The maximum atomic E-state index is 13.7. The molecular weight excluding hydrogens is 394 g/mol. The van der Waals surface area contributed by atoms with Gasteiger partial charge in [0.05, 0.1) is 12.7 Å². The fourth-order valence-corrected chi connectivity index (χ4v) is 4.60. The molecule has 1 atom stereocenters. The Kier molecular flexibility index (Phi) is 4.18. The van der Waals surface area contributed by atoms with Gasteiger partial charge in [0.2, 0.25) is 17.7 Å². The molecule has 1 unspecified atom stereocenters. The van der Waals surface area contributed by atoms with Crippen LogP contribution in [0.3, 0.4) is 0 Å². The van der Waals surface area contributed by atoms with Crippen LogP contribution in [0, 0.1) is 6.92 Å². The standard InChI is InChI=1S/C23H21N5O3/c1-14-6-8-15(9-7-14)12-28-21-17(11-25-28)23(10-20(30)26-21)16-4-2-3-5-18(16)27(22(23)31)13-19(24)29/h2-9,11H,10,12-13H2,1H3,(H2,24,29)(H,26,30). The Morgan fingerprint density at radius 1 is 1.13 bits per heavy atom. The lowest BCUT2D eigenvalue weighted by molar-refractivity contribution is -0.127. The summed E-state index contributed by atoms with van der Waals surface area (Å²) < 4.78 is 1.70. The van der Waals surface area contributed by atoms with Gasteiger partial charge >= 0.3 is 0 Å². The highest BCUT2D eigenvalue weighted by Crippen LogP contribution is 2.52. The molecule has 3 heterocycles. The summed E-state index contributed by atoms with van der Waals surface area (Å²) in [6, 6.07) is 15.3. The number of para-hydroxylation sites is 1. The van der Waals surface area contributed by atoms with Gasteiger partial charge in [0, 0.05) is 17.7 Å². The topological polar surface area (TPSA) is 110 Å². The monoisotopic (exact) mass is 415 g/mol. The normalized spacial score (nSPS) is 19.3. The molecule has 2 aliphatic rings. The van der Waals surface area contributed by atoms with E-state index >= 15 is 0 Å². The summed E-state index contributed by atoms with van der Waals surface area (Å²) in [4.78, 5) is 39.5. The van der Waals surface area contributed by atoms with Crippen LogP contribution in [0.25, 0.3) is 0 Å². The molecule has 3 amide bonds. The van der Waals surface area contributed by atoms with Gasteiger partial charge in [0.15, 0.2) is 0 Å². The van der Waals surface area contributed by atoms with E-state index in [9.17, 15) is 14.4 Å². The van der Waals surface area contributed by atoms with E-state index < -0.39 is 11.3 Å². The second kappa shape index (κ2) is 6.80. The molecule has 156 valence electrons. The number of primary amides is 1. The molecule has 2 aromatic carbocycles. The molecule has 0 saturated carbocycles. The maximum Gasteiger partial charge on any atom is 0.243 e. The smallest absolute Gasteiger partial charge is 0.243 e. The fourth-order valence-electron chi connectivity index (χ4n) is 4.60. The average Bonchev–Trinajstić information content (AvgIpc) is 3.23. The van der Waals surface area contributed by atoms with Crippen molar-refractivity contribution in [3.8, 4) is 0 Å². The number of fused-ring (bicyclic) bond motifs is 4. The minimum absolute atomic E-state index is 0.0542. The summed E-state index contributed by atoms with van der Waals surface area (Å²) in [7, 11) is 0. The first kappa shape index (κ1) is 19.0. The molecule has 0 radical (unpaired) electrons. The molecule has 8 nitrogen and oxygen atoms in total. The minimum Gasteiger partial charge on any atom is -0.368 e. The number of rotatable bonds is 4. The summed E-state index contributed by atoms with van der Waals surface area (Å²) >= 11 is 0. The predicted octanol–water partition coefficient (Wildman–Crippen LogP) is 1.70. The zero-order chi connectivity index (χ0) is 21.8. The van der Waals surface area contributed by atoms with Crippen molar-refractivity contribution in [2.45, 2.75) is 25.3 Å². The van der Waals surface area contributed by atoms with Crippen molar-refractivity contribution in [3.63, 3.8) is 0 Å². The van der Waals surface area contributed by atoms with Gasteiger partial charge in [0.1, 0.15) is 17.8 Å². The van der Waals surface area contributed by atoms with E-state index in [2.05, 4.69) is 10.4 Å². The molecule has 8 heteroatoms. The van der Waals surface area contributed by atoms with Gasteiger partial charge in [-0.15, -0.1) is 0 Å². The lowest BCUT2D eigenvalue weighted by Crippen LogP contribution is -2.48. The molecular formula is C23H21N5O3. The number of anilines is 2. The Bertz CT molecular complexity index is 1230. The molecule has 31 heavy (non-hydrogen) atoms. The summed E-state index contributed by atoms with van der Waals surface area (Å²) in [6.45, 7) is 2.23. The Balaban J connectivity index is 1.64. The SMILES string of the molecule is Cc1ccc(Cn2ncc3c2NC(=O)CC32C(=O)N(CC(N)=O)c3ccccc32)cc1. The van der Waals surface area contributed by atoms with E-state index in [1.807, 2.05) is 43.3 Å². The number of benzene rings is 2. The van der Waals surface area contributed by atoms with Crippen molar-refractivity contribution in [1.82, 2.24) is 9.78 Å².